The Morgan fingerprint density at radius 1 is 1.11 bits per heavy atom. The quantitative estimate of drug-likeness (QED) is 0.788. The van der Waals surface area contributed by atoms with Gasteiger partial charge in [-0.1, -0.05) is 43.3 Å². The van der Waals surface area contributed by atoms with Crippen LogP contribution < -0.4 is 9.62 Å². The van der Waals surface area contributed by atoms with E-state index in [1.807, 2.05) is 44.2 Å². The number of carbonyl (C=O) groups is 1. The van der Waals surface area contributed by atoms with Gasteiger partial charge in [0.1, 0.15) is 6.04 Å². The van der Waals surface area contributed by atoms with Gasteiger partial charge in [-0.25, -0.2) is 8.42 Å². The molecule has 0 aromatic heterocycles. The minimum Gasteiger partial charge on any atom is -0.348 e. The molecule has 0 saturated heterocycles. The molecule has 0 spiro atoms. The number of benzene rings is 2. The lowest BCUT2D eigenvalue weighted by molar-refractivity contribution is -0.122. The molecule has 1 N–H and O–H groups in total. The second-order valence-corrected chi connectivity index (χ2v) is 8.76. The molecule has 2 atom stereocenters. The molecule has 1 amide bonds. The summed E-state index contributed by atoms with van der Waals surface area (Å²) in [5, 5.41) is 2.93. The van der Waals surface area contributed by atoms with Crippen molar-refractivity contribution >= 4 is 21.6 Å². The first-order valence-corrected chi connectivity index (χ1v) is 10.9. The van der Waals surface area contributed by atoms with E-state index in [0.717, 1.165) is 23.8 Å². The third-order valence-electron chi connectivity index (χ3n) is 4.59. The molecule has 0 fully saturated rings. The molecule has 146 valence electrons. The van der Waals surface area contributed by atoms with E-state index in [2.05, 4.69) is 12.2 Å². The second-order valence-electron chi connectivity index (χ2n) is 6.90. The SMILES string of the molecule is CCc1ccc(C(C)NC(=O)C(C)N(c2cccc(C)c2)S(C)(=O)=O)cc1. The van der Waals surface area contributed by atoms with Crippen LogP contribution in [0.4, 0.5) is 5.69 Å². The molecule has 2 unspecified atom stereocenters. The minimum absolute atomic E-state index is 0.218. The molecule has 0 saturated carbocycles. The maximum Gasteiger partial charge on any atom is 0.244 e. The molecule has 2 rings (SSSR count). The Kier molecular flexibility index (Phi) is 6.65. The Bertz CT molecular complexity index is 892. The number of hydrogen-bond donors (Lipinski definition) is 1. The Morgan fingerprint density at radius 3 is 2.26 bits per heavy atom. The summed E-state index contributed by atoms with van der Waals surface area (Å²) < 4.78 is 25.9. The predicted octanol–water partition coefficient (Wildman–Crippen LogP) is 3.59. The molecule has 5 nitrogen and oxygen atoms in total. The van der Waals surface area contributed by atoms with Gasteiger partial charge in [0.2, 0.25) is 15.9 Å². The summed E-state index contributed by atoms with van der Waals surface area (Å²) in [5.41, 5.74) is 3.63. The number of carbonyl (C=O) groups excluding carboxylic acids is 1. The highest BCUT2D eigenvalue weighted by Gasteiger charge is 2.29. The van der Waals surface area contributed by atoms with Crippen LogP contribution in [0.25, 0.3) is 0 Å². The second kappa shape index (κ2) is 8.57. The van der Waals surface area contributed by atoms with Gasteiger partial charge in [0.25, 0.3) is 0 Å². The monoisotopic (exact) mass is 388 g/mol. The summed E-state index contributed by atoms with van der Waals surface area (Å²) >= 11 is 0. The van der Waals surface area contributed by atoms with Crippen LogP contribution in [-0.2, 0) is 21.2 Å². The molecular weight excluding hydrogens is 360 g/mol. The van der Waals surface area contributed by atoms with E-state index in [-0.39, 0.29) is 11.9 Å². The maximum atomic E-state index is 12.8. The van der Waals surface area contributed by atoms with Gasteiger partial charge in [-0.3, -0.25) is 9.10 Å². The van der Waals surface area contributed by atoms with E-state index in [4.69, 9.17) is 0 Å². The molecule has 0 radical (unpaired) electrons. The third-order valence-corrected chi connectivity index (χ3v) is 5.83. The fraction of sp³-hybridized carbons (Fsp3) is 0.381. The number of hydrogen-bond acceptors (Lipinski definition) is 3. The molecule has 2 aromatic carbocycles. The van der Waals surface area contributed by atoms with Crippen molar-refractivity contribution in [3.63, 3.8) is 0 Å². The molecular formula is C21H28N2O3S. The lowest BCUT2D eigenvalue weighted by Gasteiger charge is -2.29. The van der Waals surface area contributed by atoms with Gasteiger partial charge in [-0.2, -0.15) is 0 Å². The zero-order chi connectivity index (χ0) is 20.2. The number of sulfonamides is 1. The average Bonchev–Trinajstić information content (AvgIpc) is 2.60. The van der Waals surface area contributed by atoms with Crippen molar-refractivity contribution in [1.29, 1.82) is 0 Å². The Labute approximate surface area is 162 Å². The number of amides is 1. The van der Waals surface area contributed by atoms with Crippen LogP contribution in [0, 0.1) is 6.92 Å². The molecule has 6 heteroatoms. The number of nitrogens with zero attached hydrogens (tertiary/aromatic N) is 1. The summed E-state index contributed by atoms with van der Waals surface area (Å²) in [5.74, 6) is -0.339. The highest BCUT2D eigenvalue weighted by molar-refractivity contribution is 7.92. The Morgan fingerprint density at radius 2 is 1.74 bits per heavy atom. The van der Waals surface area contributed by atoms with Crippen LogP contribution in [0.3, 0.4) is 0 Å². The summed E-state index contributed by atoms with van der Waals surface area (Å²) in [6, 6.07) is 14.1. The van der Waals surface area contributed by atoms with E-state index in [1.54, 1.807) is 25.1 Å². The fourth-order valence-electron chi connectivity index (χ4n) is 3.03. The van der Waals surface area contributed by atoms with Crippen molar-refractivity contribution in [2.75, 3.05) is 10.6 Å². The van der Waals surface area contributed by atoms with Crippen molar-refractivity contribution in [1.82, 2.24) is 5.32 Å². The zero-order valence-electron chi connectivity index (χ0n) is 16.6. The number of rotatable bonds is 7. The zero-order valence-corrected chi connectivity index (χ0v) is 17.4. The van der Waals surface area contributed by atoms with Crippen LogP contribution in [0.1, 0.15) is 43.5 Å². The van der Waals surface area contributed by atoms with E-state index in [1.165, 1.54) is 9.87 Å². The molecule has 0 aliphatic heterocycles. The number of nitrogens with one attached hydrogen (secondary N) is 1. The maximum absolute atomic E-state index is 12.8. The van der Waals surface area contributed by atoms with Gasteiger partial charge in [-0.15, -0.1) is 0 Å². The molecule has 2 aromatic rings. The van der Waals surface area contributed by atoms with Gasteiger partial charge < -0.3 is 5.32 Å². The number of aryl methyl sites for hydroxylation is 2. The van der Waals surface area contributed by atoms with Gasteiger partial charge in [0.05, 0.1) is 18.0 Å². The van der Waals surface area contributed by atoms with Crippen LogP contribution >= 0.6 is 0 Å². The molecule has 0 aliphatic carbocycles. The Balaban J connectivity index is 2.21. The van der Waals surface area contributed by atoms with Crippen molar-refractivity contribution in [2.24, 2.45) is 0 Å². The highest BCUT2D eigenvalue weighted by atomic mass is 32.2. The largest absolute Gasteiger partial charge is 0.348 e. The first-order valence-electron chi connectivity index (χ1n) is 9.08. The summed E-state index contributed by atoms with van der Waals surface area (Å²) in [7, 11) is -3.62. The minimum atomic E-state index is -3.62. The van der Waals surface area contributed by atoms with Gasteiger partial charge >= 0.3 is 0 Å². The molecule has 27 heavy (non-hydrogen) atoms. The fourth-order valence-corrected chi connectivity index (χ4v) is 4.20. The predicted molar refractivity (Wildman–Crippen MR) is 110 cm³/mol. The van der Waals surface area contributed by atoms with E-state index < -0.39 is 16.1 Å². The normalized spacial score (nSPS) is 13.7. The Hall–Kier alpha value is -2.34. The van der Waals surface area contributed by atoms with Crippen LogP contribution in [0.5, 0.6) is 0 Å². The lowest BCUT2D eigenvalue weighted by atomic mass is 10.0. The average molecular weight is 389 g/mol. The van der Waals surface area contributed by atoms with Crippen LogP contribution in [-0.4, -0.2) is 26.6 Å². The van der Waals surface area contributed by atoms with Crippen molar-refractivity contribution in [2.45, 2.75) is 46.2 Å². The molecule has 0 bridgehead atoms. The first kappa shape index (κ1) is 21.0. The smallest absolute Gasteiger partial charge is 0.244 e. The molecule has 0 aliphatic rings. The highest BCUT2D eigenvalue weighted by Crippen LogP contribution is 2.22. The van der Waals surface area contributed by atoms with E-state index in [0.29, 0.717) is 5.69 Å². The van der Waals surface area contributed by atoms with Crippen molar-refractivity contribution in [3.8, 4) is 0 Å². The topological polar surface area (TPSA) is 66.5 Å². The van der Waals surface area contributed by atoms with Gasteiger partial charge in [-0.05, 0) is 56.0 Å². The van der Waals surface area contributed by atoms with Crippen molar-refractivity contribution in [3.05, 3.63) is 65.2 Å². The number of anilines is 1. The van der Waals surface area contributed by atoms with Gasteiger partial charge in [0, 0.05) is 0 Å². The summed E-state index contributed by atoms with van der Waals surface area (Å²) in [4.78, 5) is 12.8. The van der Waals surface area contributed by atoms with E-state index >= 15 is 0 Å². The van der Waals surface area contributed by atoms with Crippen molar-refractivity contribution < 1.29 is 13.2 Å². The standard InChI is InChI=1S/C21H28N2O3S/c1-6-18-10-12-19(13-11-18)16(3)22-21(24)17(4)23(27(5,25)26)20-9-7-8-15(2)14-20/h7-14,16-17H,6H2,1-5H3,(H,22,24). The third kappa shape index (κ3) is 5.32. The lowest BCUT2D eigenvalue weighted by Crippen LogP contribution is -2.48. The van der Waals surface area contributed by atoms with Crippen LogP contribution in [0.2, 0.25) is 0 Å². The van der Waals surface area contributed by atoms with E-state index in [9.17, 15) is 13.2 Å². The molecule has 0 heterocycles. The summed E-state index contributed by atoms with van der Waals surface area (Å²) in [6.45, 7) is 7.47. The van der Waals surface area contributed by atoms with Crippen LogP contribution in [0.15, 0.2) is 48.5 Å². The summed E-state index contributed by atoms with van der Waals surface area (Å²) in [6.07, 6.45) is 2.07. The first-order chi connectivity index (χ1) is 12.6. The van der Waals surface area contributed by atoms with Gasteiger partial charge in [0.15, 0.2) is 0 Å².